The van der Waals surface area contributed by atoms with E-state index in [1.165, 1.54) is 11.1 Å². The minimum Gasteiger partial charge on any atom is -0.324 e. The summed E-state index contributed by atoms with van der Waals surface area (Å²) in [5, 5.41) is 0. The Morgan fingerprint density at radius 1 is 1.62 bits per heavy atom. The summed E-state index contributed by atoms with van der Waals surface area (Å²) in [5.41, 5.74) is 0. The summed E-state index contributed by atoms with van der Waals surface area (Å²) in [6.45, 7) is 0. The van der Waals surface area contributed by atoms with Crippen molar-refractivity contribution in [3.05, 3.63) is 11.1 Å². The summed E-state index contributed by atoms with van der Waals surface area (Å²) < 4.78 is 10.0. The van der Waals surface area contributed by atoms with Crippen LogP contribution in [0.4, 0.5) is 0 Å². The standard InChI is InChI=1S/C3H6BrO3P/c4-2-1-3-8(5,6)7/h1-2H,3H2,(H2,5,6,7). The minimum atomic E-state index is -3.80. The average Bonchev–Trinajstić information content (AvgIpc) is 1.59. The summed E-state index contributed by atoms with van der Waals surface area (Å²) in [6, 6.07) is 0. The second kappa shape index (κ2) is 3.41. The van der Waals surface area contributed by atoms with Gasteiger partial charge in [-0.3, -0.25) is 4.57 Å². The predicted octanol–water partition coefficient (Wildman–Crippen LogP) is 1.07. The lowest BCUT2D eigenvalue weighted by atomic mass is 10.8. The highest BCUT2D eigenvalue weighted by Crippen LogP contribution is 2.33. The first-order chi connectivity index (χ1) is 3.56. The molecule has 0 bridgehead atoms. The maximum Gasteiger partial charge on any atom is 0.329 e. The SMILES string of the molecule is O=P(O)(O)CC=CBr. The van der Waals surface area contributed by atoms with E-state index in [0.29, 0.717) is 0 Å². The molecule has 8 heavy (non-hydrogen) atoms. The van der Waals surface area contributed by atoms with Crippen LogP contribution in [0.5, 0.6) is 0 Å². The third kappa shape index (κ3) is 6.37. The van der Waals surface area contributed by atoms with Crippen LogP contribution in [0.1, 0.15) is 0 Å². The molecular formula is C3H6BrO3P. The van der Waals surface area contributed by atoms with Crippen molar-refractivity contribution in [2.45, 2.75) is 0 Å². The molecule has 0 aromatic rings. The van der Waals surface area contributed by atoms with E-state index in [1.54, 1.807) is 0 Å². The van der Waals surface area contributed by atoms with E-state index in [1.807, 2.05) is 0 Å². The van der Waals surface area contributed by atoms with Crippen molar-refractivity contribution in [1.29, 1.82) is 0 Å². The van der Waals surface area contributed by atoms with Crippen molar-refractivity contribution >= 4 is 23.5 Å². The molecule has 0 aliphatic heterocycles. The van der Waals surface area contributed by atoms with Crippen molar-refractivity contribution in [1.82, 2.24) is 0 Å². The molecule has 0 atom stereocenters. The third-order valence-corrected chi connectivity index (χ3v) is 1.49. The zero-order valence-electron chi connectivity index (χ0n) is 3.99. The van der Waals surface area contributed by atoms with Crippen molar-refractivity contribution in [2.24, 2.45) is 0 Å². The number of halogens is 1. The van der Waals surface area contributed by atoms with Gasteiger partial charge in [0.2, 0.25) is 0 Å². The van der Waals surface area contributed by atoms with Crippen LogP contribution in [0.15, 0.2) is 11.1 Å². The largest absolute Gasteiger partial charge is 0.329 e. The summed E-state index contributed by atoms with van der Waals surface area (Å²) in [7, 11) is -3.80. The maximum absolute atomic E-state index is 10.0. The van der Waals surface area contributed by atoms with Gasteiger partial charge >= 0.3 is 7.60 Å². The van der Waals surface area contributed by atoms with E-state index >= 15 is 0 Å². The monoisotopic (exact) mass is 200 g/mol. The highest BCUT2D eigenvalue weighted by molar-refractivity contribution is 9.11. The third-order valence-electron chi connectivity index (χ3n) is 0.432. The van der Waals surface area contributed by atoms with Gasteiger partial charge in [-0.25, -0.2) is 0 Å². The van der Waals surface area contributed by atoms with Gasteiger partial charge in [0.25, 0.3) is 0 Å². The van der Waals surface area contributed by atoms with E-state index in [0.717, 1.165) is 0 Å². The van der Waals surface area contributed by atoms with Crippen LogP contribution in [0.25, 0.3) is 0 Å². The second-order valence-electron chi connectivity index (χ2n) is 1.21. The fourth-order valence-electron chi connectivity index (χ4n) is 0.177. The molecule has 0 aromatic carbocycles. The van der Waals surface area contributed by atoms with E-state index < -0.39 is 7.60 Å². The molecule has 0 amide bonds. The predicted molar refractivity (Wildman–Crippen MR) is 35.0 cm³/mol. The lowest BCUT2D eigenvalue weighted by Gasteiger charge is -1.94. The van der Waals surface area contributed by atoms with Crippen LogP contribution >= 0.6 is 23.5 Å². The molecule has 0 aromatic heterocycles. The minimum absolute atomic E-state index is 0.196. The molecule has 5 heteroatoms. The van der Waals surface area contributed by atoms with Gasteiger partial charge in [-0.15, -0.1) is 0 Å². The Labute approximate surface area is 55.7 Å². The molecule has 0 saturated heterocycles. The molecule has 0 radical (unpaired) electrons. The lowest BCUT2D eigenvalue weighted by molar-refractivity contribution is 0.377. The van der Waals surface area contributed by atoms with Gasteiger partial charge in [0, 0.05) is 0 Å². The molecule has 0 rings (SSSR count). The molecule has 0 spiro atoms. The molecule has 0 unspecified atom stereocenters. The molecule has 3 nitrogen and oxygen atoms in total. The molecule has 0 saturated carbocycles. The zero-order valence-corrected chi connectivity index (χ0v) is 6.47. The van der Waals surface area contributed by atoms with Crippen molar-refractivity contribution < 1.29 is 14.4 Å². The number of allylic oxidation sites excluding steroid dienone is 1. The van der Waals surface area contributed by atoms with Gasteiger partial charge in [-0.1, -0.05) is 22.0 Å². The molecule has 2 N–H and O–H groups in total. The van der Waals surface area contributed by atoms with Gasteiger partial charge in [0.1, 0.15) is 0 Å². The first-order valence-corrected chi connectivity index (χ1v) is 4.57. The molecule has 0 heterocycles. The van der Waals surface area contributed by atoms with Gasteiger partial charge in [0.15, 0.2) is 0 Å². The Bertz CT molecular complexity index is 126. The van der Waals surface area contributed by atoms with E-state index in [4.69, 9.17) is 9.79 Å². The topological polar surface area (TPSA) is 57.5 Å². The maximum atomic E-state index is 10.0. The number of hydrogen-bond donors (Lipinski definition) is 2. The average molecular weight is 201 g/mol. The highest BCUT2D eigenvalue weighted by Gasteiger charge is 2.07. The van der Waals surface area contributed by atoms with Gasteiger partial charge in [-0.2, -0.15) is 0 Å². The molecule has 0 fully saturated rings. The van der Waals surface area contributed by atoms with Gasteiger partial charge in [0.05, 0.1) is 6.16 Å². The molecule has 0 aliphatic rings. The summed E-state index contributed by atoms with van der Waals surface area (Å²) in [4.78, 5) is 17.8. The van der Waals surface area contributed by atoms with Crippen LogP contribution < -0.4 is 0 Å². The normalized spacial score (nSPS) is 12.9. The van der Waals surface area contributed by atoms with Gasteiger partial charge < -0.3 is 9.79 Å². The molecule has 48 valence electrons. The molecule has 0 aliphatic carbocycles. The van der Waals surface area contributed by atoms with Crippen LogP contribution in [-0.2, 0) is 4.57 Å². The Kier molecular flexibility index (Phi) is 3.56. The second-order valence-corrected chi connectivity index (χ2v) is 3.43. The number of rotatable bonds is 2. The summed E-state index contributed by atoms with van der Waals surface area (Å²) in [5.74, 6) is 0. The zero-order chi connectivity index (χ0) is 6.62. The summed E-state index contributed by atoms with van der Waals surface area (Å²) in [6.07, 6.45) is 1.17. The Morgan fingerprint density at radius 3 is 2.25 bits per heavy atom. The van der Waals surface area contributed by atoms with E-state index in [-0.39, 0.29) is 6.16 Å². The highest BCUT2D eigenvalue weighted by atomic mass is 79.9. The van der Waals surface area contributed by atoms with Crippen LogP contribution in [-0.4, -0.2) is 15.9 Å². The summed E-state index contributed by atoms with van der Waals surface area (Å²) >= 11 is 2.88. The van der Waals surface area contributed by atoms with Crippen LogP contribution in [0.2, 0.25) is 0 Å². The van der Waals surface area contributed by atoms with Crippen molar-refractivity contribution in [3.8, 4) is 0 Å². The first kappa shape index (κ1) is 8.37. The Hall–Kier alpha value is 0.370. The van der Waals surface area contributed by atoms with Crippen molar-refractivity contribution in [2.75, 3.05) is 6.16 Å². The lowest BCUT2D eigenvalue weighted by Crippen LogP contribution is -1.79. The van der Waals surface area contributed by atoms with Crippen LogP contribution in [0, 0.1) is 0 Å². The Morgan fingerprint density at radius 2 is 2.12 bits per heavy atom. The van der Waals surface area contributed by atoms with Crippen molar-refractivity contribution in [3.63, 3.8) is 0 Å². The fourth-order valence-corrected chi connectivity index (χ4v) is 1.03. The van der Waals surface area contributed by atoms with E-state index in [9.17, 15) is 4.57 Å². The quantitative estimate of drug-likeness (QED) is 0.657. The van der Waals surface area contributed by atoms with Crippen LogP contribution in [0.3, 0.4) is 0 Å². The number of hydrogen-bond acceptors (Lipinski definition) is 1. The smallest absolute Gasteiger partial charge is 0.324 e. The molecular weight excluding hydrogens is 195 g/mol. The van der Waals surface area contributed by atoms with E-state index in [2.05, 4.69) is 15.9 Å². The van der Waals surface area contributed by atoms with Gasteiger partial charge in [-0.05, 0) is 4.99 Å². The Balaban J connectivity index is 3.57. The first-order valence-electron chi connectivity index (χ1n) is 1.86. The fraction of sp³-hybridized carbons (Fsp3) is 0.333.